The molecule has 3 N–H and O–H groups in total. The number of ether oxygens (including phenoxy) is 1. The molecule has 0 saturated carbocycles. The van der Waals surface area contributed by atoms with Gasteiger partial charge in [0.15, 0.2) is 0 Å². The number of alkyl halides is 3. The van der Waals surface area contributed by atoms with Gasteiger partial charge in [0.05, 0.1) is 10.5 Å². The maximum atomic E-state index is 12.7. The smallest absolute Gasteiger partial charge is 0.419 e. The number of alkyl carbamates (subject to hydrolysis) is 1. The van der Waals surface area contributed by atoms with Crippen molar-refractivity contribution in [3.63, 3.8) is 0 Å². The predicted octanol–water partition coefficient (Wildman–Crippen LogP) is 2.21. The third kappa shape index (κ3) is 6.78. The van der Waals surface area contributed by atoms with Crippen molar-refractivity contribution in [2.24, 2.45) is 0 Å². The second-order valence-electron chi connectivity index (χ2n) is 6.00. The Morgan fingerprint density at radius 1 is 1.20 bits per heavy atom. The molecule has 0 unspecified atom stereocenters. The Morgan fingerprint density at radius 2 is 1.80 bits per heavy atom. The van der Waals surface area contributed by atoms with Crippen molar-refractivity contribution >= 4 is 16.1 Å². The first-order valence-corrected chi connectivity index (χ1v) is 8.57. The number of rotatable bonds is 5. The molecule has 0 radical (unpaired) electrons. The van der Waals surface area contributed by atoms with Crippen LogP contribution in [0.1, 0.15) is 26.3 Å². The zero-order valence-corrected chi connectivity index (χ0v) is 14.6. The van der Waals surface area contributed by atoms with E-state index in [-0.39, 0.29) is 13.1 Å². The molecule has 0 heterocycles. The molecule has 0 aliphatic carbocycles. The van der Waals surface area contributed by atoms with Crippen molar-refractivity contribution in [3.05, 3.63) is 23.8 Å². The highest BCUT2D eigenvalue weighted by atomic mass is 32.2. The molecule has 1 aromatic rings. The van der Waals surface area contributed by atoms with Crippen LogP contribution in [0.3, 0.4) is 0 Å². The van der Waals surface area contributed by atoms with E-state index < -0.39 is 44.1 Å². The van der Waals surface area contributed by atoms with Gasteiger partial charge in [0, 0.05) is 13.1 Å². The molecular weight excluding hydrogens is 365 g/mol. The van der Waals surface area contributed by atoms with Gasteiger partial charge in [-0.2, -0.15) is 13.2 Å². The second kappa shape index (κ2) is 7.48. The number of phenols is 1. The minimum atomic E-state index is -4.89. The fourth-order valence-corrected chi connectivity index (χ4v) is 2.71. The highest BCUT2D eigenvalue weighted by Gasteiger charge is 2.35. The summed E-state index contributed by atoms with van der Waals surface area (Å²) in [5, 5.41) is 11.5. The molecule has 0 aromatic heterocycles. The van der Waals surface area contributed by atoms with Crippen LogP contribution in [0, 0.1) is 0 Å². The Balaban J connectivity index is 2.70. The number of hydrogen-bond acceptors (Lipinski definition) is 5. The molecule has 0 bridgehead atoms. The summed E-state index contributed by atoms with van der Waals surface area (Å²) in [6, 6.07) is 1.82. The number of phenolic OH excluding ortho intramolecular Hbond substituents is 1. The maximum absolute atomic E-state index is 12.7. The van der Waals surface area contributed by atoms with E-state index in [1.165, 1.54) is 0 Å². The molecule has 1 aromatic carbocycles. The van der Waals surface area contributed by atoms with Crippen LogP contribution in [0.25, 0.3) is 0 Å². The Morgan fingerprint density at radius 3 is 2.32 bits per heavy atom. The van der Waals surface area contributed by atoms with Gasteiger partial charge in [-0.05, 0) is 39.0 Å². The molecule has 0 aliphatic rings. The molecule has 0 spiro atoms. The Labute approximate surface area is 143 Å². The quantitative estimate of drug-likeness (QED) is 0.675. The third-order valence-electron chi connectivity index (χ3n) is 2.67. The Hall–Kier alpha value is -2.01. The van der Waals surface area contributed by atoms with Crippen LogP contribution in [0.15, 0.2) is 23.1 Å². The molecule has 0 fully saturated rings. The minimum Gasteiger partial charge on any atom is -0.507 e. The zero-order valence-electron chi connectivity index (χ0n) is 13.8. The lowest BCUT2D eigenvalue weighted by Crippen LogP contribution is -2.37. The Kier molecular flexibility index (Phi) is 6.29. The van der Waals surface area contributed by atoms with Gasteiger partial charge in [0.25, 0.3) is 0 Å². The van der Waals surface area contributed by atoms with Crippen molar-refractivity contribution in [1.82, 2.24) is 10.0 Å². The monoisotopic (exact) mass is 384 g/mol. The number of aromatic hydroxyl groups is 1. The first-order valence-electron chi connectivity index (χ1n) is 7.09. The fraction of sp³-hybridized carbons (Fsp3) is 0.500. The van der Waals surface area contributed by atoms with Gasteiger partial charge in [0.1, 0.15) is 11.4 Å². The first kappa shape index (κ1) is 21.0. The van der Waals surface area contributed by atoms with E-state index in [1.54, 1.807) is 20.8 Å². The number of nitrogens with one attached hydrogen (secondary N) is 2. The van der Waals surface area contributed by atoms with E-state index in [1.807, 2.05) is 4.72 Å². The largest absolute Gasteiger partial charge is 0.507 e. The average Bonchev–Trinajstić information content (AvgIpc) is 2.40. The molecule has 0 saturated heterocycles. The van der Waals surface area contributed by atoms with Gasteiger partial charge in [-0.15, -0.1) is 0 Å². The fourth-order valence-electron chi connectivity index (χ4n) is 1.66. The topological polar surface area (TPSA) is 105 Å². The molecular formula is C14H19F3N2O5S. The summed E-state index contributed by atoms with van der Waals surface area (Å²) in [5.41, 5.74) is -2.17. The number of halogens is 3. The van der Waals surface area contributed by atoms with E-state index in [0.29, 0.717) is 12.1 Å². The van der Waals surface area contributed by atoms with Crippen LogP contribution in [0.2, 0.25) is 0 Å². The van der Waals surface area contributed by atoms with Gasteiger partial charge in [-0.3, -0.25) is 0 Å². The normalized spacial score (nSPS) is 12.7. The summed E-state index contributed by atoms with van der Waals surface area (Å²) in [6.45, 7) is 4.57. The SMILES string of the molecule is CC(C)(C)OC(=O)NCCNS(=O)(=O)c1ccc(O)c(C(F)(F)F)c1. The second-order valence-corrected chi connectivity index (χ2v) is 7.77. The summed E-state index contributed by atoms with van der Waals surface area (Å²) in [6.07, 6.45) is -5.65. The van der Waals surface area contributed by atoms with Crippen molar-refractivity contribution in [2.45, 2.75) is 37.4 Å². The van der Waals surface area contributed by atoms with Crippen LogP contribution < -0.4 is 10.0 Å². The lowest BCUT2D eigenvalue weighted by atomic mass is 10.2. The highest BCUT2D eigenvalue weighted by molar-refractivity contribution is 7.89. The molecule has 1 rings (SSSR count). The number of benzene rings is 1. The van der Waals surface area contributed by atoms with Gasteiger partial charge in [-0.25, -0.2) is 17.9 Å². The highest BCUT2D eigenvalue weighted by Crippen LogP contribution is 2.36. The lowest BCUT2D eigenvalue weighted by molar-refractivity contribution is -0.138. The summed E-state index contributed by atoms with van der Waals surface area (Å²) < 4.78 is 69.1. The first-order chi connectivity index (χ1) is 11.2. The van der Waals surface area contributed by atoms with Crippen LogP contribution in [0.5, 0.6) is 5.75 Å². The van der Waals surface area contributed by atoms with Crippen LogP contribution in [-0.2, 0) is 20.9 Å². The van der Waals surface area contributed by atoms with E-state index in [9.17, 15) is 31.5 Å². The molecule has 25 heavy (non-hydrogen) atoms. The van der Waals surface area contributed by atoms with Crippen molar-refractivity contribution in [1.29, 1.82) is 0 Å². The summed E-state index contributed by atoms with van der Waals surface area (Å²) in [4.78, 5) is 10.7. The van der Waals surface area contributed by atoms with Gasteiger partial charge in [0.2, 0.25) is 10.0 Å². The number of hydrogen-bond donors (Lipinski definition) is 3. The summed E-state index contributed by atoms with van der Waals surface area (Å²) in [5.74, 6) is -1.07. The molecule has 0 aliphatic heterocycles. The van der Waals surface area contributed by atoms with Crippen molar-refractivity contribution < 1.29 is 36.2 Å². The van der Waals surface area contributed by atoms with Crippen LogP contribution >= 0.6 is 0 Å². The van der Waals surface area contributed by atoms with E-state index in [4.69, 9.17) is 4.74 Å². The van der Waals surface area contributed by atoms with Gasteiger partial charge < -0.3 is 15.2 Å². The number of carbonyl (C=O) groups is 1. The molecule has 11 heteroatoms. The predicted molar refractivity (Wildman–Crippen MR) is 82.5 cm³/mol. The van der Waals surface area contributed by atoms with E-state index in [2.05, 4.69) is 5.32 Å². The molecule has 7 nitrogen and oxygen atoms in total. The van der Waals surface area contributed by atoms with E-state index >= 15 is 0 Å². The van der Waals surface area contributed by atoms with Gasteiger partial charge >= 0.3 is 12.3 Å². The van der Waals surface area contributed by atoms with Crippen molar-refractivity contribution in [2.75, 3.05) is 13.1 Å². The standard InChI is InChI=1S/C14H19F3N2O5S/c1-13(2,3)24-12(21)18-6-7-19-25(22,23)9-4-5-11(20)10(8-9)14(15,16)17/h4-5,8,19-20H,6-7H2,1-3H3,(H,18,21). The maximum Gasteiger partial charge on any atom is 0.419 e. The molecule has 142 valence electrons. The average molecular weight is 384 g/mol. The summed E-state index contributed by atoms with van der Waals surface area (Å²) >= 11 is 0. The minimum absolute atomic E-state index is 0.127. The molecule has 1 amide bonds. The van der Waals surface area contributed by atoms with Gasteiger partial charge in [-0.1, -0.05) is 0 Å². The van der Waals surface area contributed by atoms with Crippen molar-refractivity contribution in [3.8, 4) is 5.75 Å². The van der Waals surface area contributed by atoms with Crippen LogP contribution in [0.4, 0.5) is 18.0 Å². The lowest BCUT2D eigenvalue weighted by Gasteiger charge is -2.19. The van der Waals surface area contributed by atoms with E-state index in [0.717, 1.165) is 6.07 Å². The summed E-state index contributed by atoms with van der Waals surface area (Å²) in [7, 11) is -4.25. The number of amides is 1. The number of sulfonamides is 1. The number of carbonyl (C=O) groups excluding carboxylic acids is 1. The third-order valence-corrected chi connectivity index (χ3v) is 4.13. The van der Waals surface area contributed by atoms with Crippen LogP contribution in [-0.4, -0.2) is 38.3 Å². The zero-order chi connectivity index (χ0) is 19.5. The molecule has 0 atom stereocenters. The Bertz CT molecular complexity index is 727.